The second-order valence-electron chi connectivity index (χ2n) is 5.48. The third-order valence-corrected chi connectivity index (χ3v) is 5.16. The Hall–Kier alpha value is -1.11. The van der Waals surface area contributed by atoms with E-state index in [1.165, 1.54) is 0 Å². The standard InChI is InChI=1S/C15H24N2O3S/c1-3-8-17-21(18,19)15-7-5-4-6-14(15)20-13-9-12(10-13)11-16-2/h4-7,12-13,16-17H,3,8-11H2,1-2H3. The van der Waals surface area contributed by atoms with Crippen LogP contribution in [-0.4, -0.2) is 34.7 Å². The van der Waals surface area contributed by atoms with Crippen LogP contribution in [0.4, 0.5) is 0 Å². The van der Waals surface area contributed by atoms with Crippen molar-refractivity contribution in [2.24, 2.45) is 5.92 Å². The molecule has 5 nitrogen and oxygen atoms in total. The van der Waals surface area contributed by atoms with E-state index in [0.29, 0.717) is 18.2 Å². The van der Waals surface area contributed by atoms with Gasteiger partial charge in [-0.05, 0) is 50.9 Å². The average Bonchev–Trinajstić information content (AvgIpc) is 2.43. The molecular formula is C15H24N2O3S. The first kappa shape index (κ1) is 16.3. The first-order valence-electron chi connectivity index (χ1n) is 7.46. The predicted molar refractivity (Wildman–Crippen MR) is 83.0 cm³/mol. The molecule has 0 bridgehead atoms. The molecule has 2 rings (SSSR count). The smallest absolute Gasteiger partial charge is 0.244 e. The Morgan fingerprint density at radius 1 is 1.29 bits per heavy atom. The maximum Gasteiger partial charge on any atom is 0.244 e. The first-order chi connectivity index (χ1) is 10.1. The number of sulfonamides is 1. The highest BCUT2D eigenvalue weighted by atomic mass is 32.2. The van der Waals surface area contributed by atoms with Gasteiger partial charge in [0, 0.05) is 6.54 Å². The topological polar surface area (TPSA) is 67.4 Å². The molecule has 6 heteroatoms. The molecule has 0 amide bonds. The van der Waals surface area contributed by atoms with Crippen LogP contribution in [0.25, 0.3) is 0 Å². The van der Waals surface area contributed by atoms with Gasteiger partial charge in [0.05, 0.1) is 6.10 Å². The minimum absolute atomic E-state index is 0.117. The van der Waals surface area contributed by atoms with Gasteiger partial charge in [-0.25, -0.2) is 13.1 Å². The molecule has 0 spiro atoms. The van der Waals surface area contributed by atoms with Crippen LogP contribution in [0.1, 0.15) is 26.2 Å². The lowest BCUT2D eigenvalue weighted by Crippen LogP contribution is -2.39. The summed E-state index contributed by atoms with van der Waals surface area (Å²) in [6.07, 6.45) is 2.82. The van der Waals surface area contributed by atoms with Crippen LogP contribution < -0.4 is 14.8 Å². The third kappa shape index (κ3) is 4.18. The molecule has 0 aromatic heterocycles. The summed E-state index contributed by atoms with van der Waals surface area (Å²) in [4.78, 5) is 0.232. The molecule has 1 aromatic rings. The van der Waals surface area contributed by atoms with Crippen LogP contribution in [0.5, 0.6) is 5.75 Å². The normalized spacial score (nSPS) is 21.8. The van der Waals surface area contributed by atoms with Crippen molar-refractivity contribution >= 4 is 10.0 Å². The molecule has 1 aliphatic rings. The van der Waals surface area contributed by atoms with E-state index in [-0.39, 0.29) is 11.0 Å². The van der Waals surface area contributed by atoms with E-state index >= 15 is 0 Å². The number of benzene rings is 1. The number of nitrogens with one attached hydrogen (secondary N) is 2. The predicted octanol–water partition coefficient (Wildman–Crippen LogP) is 1.75. The van der Waals surface area contributed by atoms with E-state index < -0.39 is 10.0 Å². The van der Waals surface area contributed by atoms with Crippen molar-refractivity contribution < 1.29 is 13.2 Å². The van der Waals surface area contributed by atoms with Crippen LogP contribution in [0.3, 0.4) is 0 Å². The number of para-hydroxylation sites is 1. The van der Waals surface area contributed by atoms with Crippen LogP contribution in [0.2, 0.25) is 0 Å². The molecule has 0 heterocycles. The molecule has 1 fully saturated rings. The molecule has 21 heavy (non-hydrogen) atoms. The number of ether oxygens (including phenoxy) is 1. The third-order valence-electron chi connectivity index (χ3n) is 3.66. The van der Waals surface area contributed by atoms with Gasteiger partial charge < -0.3 is 10.1 Å². The van der Waals surface area contributed by atoms with Gasteiger partial charge in [0.15, 0.2) is 0 Å². The van der Waals surface area contributed by atoms with Crippen LogP contribution in [-0.2, 0) is 10.0 Å². The minimum atomic E-state index is -3.49. The molecular weight excluding hydrogens is 288 g/mol. The minimum Gasteiger partial charge on any atom is -0.489 e. The summed E-state index contributed by atoms with van der Waals surface area (Å²) in [5.41, 5.74) is 0. The summed E-state index contributed by atoms with van der Waals surface area (Å²) in [6.45, 7) is 3.35. The Labute approximate surface area is 127 Å². The SMILES string of the molecule is CCCNS(=O)(=O)c1ccccc1OC1CC(CNC)C1. The van der Waals surface area contributed by atoms with Gasteiger partial charge in [0.1, 0.15) is 10.6 Å². The Morgan fingerprint density at radius 2 is 2.00 bits per heavy atom. The Balaban J connectivity index is 2.04. The fraction of sp³-hybridized carbons (Fsp3) is 0.600. The average molecular weight is 312 g/mol. The van der Waals surface area contributed by atoms with Gasteiger partial charge >= 0.3 is 0 Å². The van der Waals surface area contributed by atoms with Gasteiger partial charge in [-0.1, -0.05) is 19.1 Å². The quantitative estimate of drug-likeness (QED) is 0.767. The van der Waals surface area contributed by atoms with Crippen LogP contribution in [0.15, 0.2) is 29.2 Å². The van der Waals surface area contributed by atoms with Crippen molar-refractivity contribution in [3.8, 4) is 5.75 Å². The molecule has 1 aromatic carbocycles. The van der Waals surface area contributed by atoms with Crippen molar-refractivity contribution in [3.63, 3.8) is 0 Å². The Kier molecular flexibility index (Phi) is 5.61. The van der Waals surface area contributed by atoms with Gasteiger partial charge in [0.25, 0.3) is 0 Å². The summed E-state index contributed by atoms with van der Waals surface area (Å²) in [5, 5.41) is 3.15. The summed E-state index contributed by atoms with van der Waals surface area (Å²) in [5.74, 6) is 1.08. The number of hydrogen-bond acceptors (Lipinski definition) is 4. The fourth-order valence-corrected chi connectivity index (χ4v) is 3.76. The zero-order chi connectivity index (χ0) is 15.3. The van der Waals surface area contributed by atoms with Crippen molar-refractivity contribution in [2.75, 3.05) is 20.1 Å². The van der Waals surface area contributed by atoms with Gasteiger partial charge in [0.2, 0.25) is 10.0 Å². The zero-order valence-electron chi connectivity index (χ0n) is 12.6. The number of rotatable bonds is 8. The lowest BCUT2D eigenvalue weighted by atomic mass is 9.82. The molecule has 1 saturated carbocycles. The number of hydrogen-bond donors (Lipinski definition) is 2. The largest absolute Gasteiger partial charge is 0.489 e. The van der Waals surface area contributed by atoms with E-state index in [4.69, 9.17) is 4.74 Å². The van der Waals surface area contributed by atoms with Crippen LogP contribution >= 0.6 is 0 Å². The highest BCUT2D eigenvalue weighted by Crippen LogP contribution is 2.33. The zero-order valence-corrected chi connectivity index (χ0v) is 13.4. The van der Waals surface area contributed by atoms with Crippen molar-refractivity contribution in [2.45, 2.75) is 37.2 Å². The fourth-order valence-electron chi connectivity index (χ4n) is 2.49. The molecule has 118 valence electrons. The first-order valence-corrected chi connectivity index (χ1v) is 8.95. The highest BCUT2D eigenvalue weighted by molar-refractivity contribution is 7.89. The summed E-state index contributed by atoms with van der Waals surface area (Å²) in [6, 6.07) is 6.85. The van der Waals surface area contributed by atoms with Crippen molar-refractivity contribution in [1.29, 1.82) is 0 Å². The highest BCUT2D eigenvalue weighted by Gasteiger charge is 2.31. The summed E-state index contributed by atoms with van der Waals surface area (Å²) < 4.78 is 33.0. The van der Waals surface area contributed by atoms with Gasteiger partial charge in [-0.3, -0.25) is 0 Å². The molecule has 0 atom stereocenters. The molecule has 0 unspecified atom stereocenters. The second kappa shape index (κ2) is 7.24. The molecule has 2 N–H and O–H groups in total. The maximum absolute atomic E-state index is 12.3. The molecule has 1 aliphatic carbocycles. The van der Waals surface area contributed by atoms with E-state index in [1.807, 2.05) is 14.0 Å². The Bertz CT molecular complexity index is 554. The Morgan fingerprint density at radius 3 is 2.67 bits per heavy atom. The van der Waals surface area contributed by atoms with E-state index in [9.17, 15) is 8.42 Å². The van der Waals surface area contributed by atoms with Crippen molar-refractivity contribution in [1.82, 2.24) is 10.0 Å². The maximum atomic E-state index is 12.3. The molecule has 0 radical (unpaired) electrons. The second-order valence-corrected chi connectivity index (χ2v) is 7.21. The monoisotopic (exact) mass is 312 g/mol. The lowest BCUT2D eigenvalue weighted by molar-refractivity contribution is 0.0631. The molecule has 0 saturated heterocycles. The van der Waals surface area contributed by atoms with Crippen molar-refractivity contribution in [3.05, 3.63) is 24.3 Å². The molecule has 0 aliphatic heterocycles. The summed E-state index contributed by atoms with van der Waals surface area (Å²) in [7, 11) is -1.55. The summed E-state index contributed by atoms with van der Waals surface area (Å²) >= 11 is 0. The van der Waals surface area contributed by atoms with E-state index in [1.54, 1.807) is 24.3 Å². The van der Waals surface area contributed by atoms with Gasteiger partial charge in [-0.2, -0.15) is 0 Å². The van der Waals surface area contributed by atoms with Crippen LogP contribution in [0, 0.1) is 5.92 Å². The lowest BCUT2D eigenvalue weighted by Gasteiger charge is -2.35. The van der Waals surface area contributed by atoms with E-state index in [2.05, 4.69) is 10.0 Å². The van der Waals surface area contributed by atoms with E-state index in [0.717, 1.165) is 25.8 Å². The van der Waals surface area contributed by atoms with Gasteiger partial charge in [-0.15, -0.1) is 0 Å².